The van der Waals surface area contributed by atoms with E-state index in [2.05, 4.69) is 24.0 Å². The summed E-state index contributed by atoms with van der Waals surface area (Å²) in [5.41, 5.74) is 3.34. The summed E-state index contributed by atoms with van der Waals surface area (Å²) in [6.45, 7) is 2.06. The molecule has 0 N–H and O–H groups in total. The number of aromatic nitrogens is 1. The third kappa shape index (κ3) is 2.02. The second-order valence-corrected chi connectivity index (χ2v) is 3.94. The summed E-state index contributed by atoms with van der Waals surface area (Å²) in [7, 11) is 1.56. The molecule has 1 aromatic carbocycles. The van der Waals surface area contributed by atoms with Crippen LogP contribution in [0.15, 0.2) is 36.5 Å². The van der Waals surface area contributed by atoms with Crippen molar-refractivity contribution in [3.05, 3.63) is 47.1 Å². The van der Waals surface area contributed by atoms with E-state index in [1.54, 1.807) is 13.3 Å². The van der Waals surface area contributed by atoms with Gasteiger partial charge < -0.3 is 4.74 Å². The Balaban J connectivity index is 2.50. The van der Waals surface area contributed by atoms with Crippen LogP contribution in [0, 0.1) is 6.92 Å². The van der Waals surface area contributed by atoms with Gasteiger partial charge in [0.2, 0.25) is 5.88 Å². The Morgan fingerprint density at radius 3 is 2.62 bits per heavy atom. The number of benzene rings is 1. The molecule has 0 amide bonds. The van der Waals surface area contributed by atoms with Crippen molar-refractivity contribution < 1.29 is 4.74 Å². The van der Waals surface area contributed by atoms with E-state index in [4.69, 9.17) is 16.3 Å². The molecule has 82 valence electrons. The number of pyridine rings is 1. The van der Waals surface area contributed by atoms with Crippen LogP contribution in [0.2, 0.25) is 5.02 Å². The fourth-order valence-electron chi connectivity index (χ4n) is 1.62. The van der Waals surface area contributed by atoms with Gasteiger partial charge >= 0.3 is 0 Å². The smallest absolute Gasteiger partial charge is 0.232 e. The molecule has 0 saturated heterocycles. The van der Waals surface area contributed by atoms with Gasteiger partial charge in [-0.2, -0.15) is 0 Å². The van der Waals surface area contributed by atoms with Crippen molar-refractivity contribution in [3.8, 4) is 17.0 Å². The van der Waals surface area contributed by atoms with E-state index in [9.17, 15) is 0 Å². The fourth-order valence-corrected chi connectivity index (χ4v) is 1.86. The fraction of sp³-hybridized carbons (Fsp3) is 0.154. The molecule has 0 aliphatic heterocycles. The standard InChI is InChI=1S/C13H12ClNO/c1-9-5-3-4-6-11(9)10-7-12(14)13(16-2)15-8-10/h3-8H,1-2H3. The lowest BCUT2D eigenvalue weighted by Gasteiger charge is -2.07. The molecule has 0 aliphatic carbocycles. The Labute approximate surface area is 99.9 Å². The molecule has 0 radical (unpaired) electrons. The van der Waals surface area contributed by atoms with E-state index in [1.165, 1.54) is 5.56 Å². The van der Waals surface area contributed by atoms with Crippen LogP contribution in [0.4, 0.5) is 0 Å². The van der Waals surface area contributed by atoms with Gasteiger partial charge in [0.1, 0.15) is 5.02 Å². The topological polar surface area (TPSA) is 22.1 Å². The number of nitrogens with zero attached hydrogens (tertiary/aromatic N) is 1. The van der Waals surface area contributed by atoms with Crippen LogP contribution >= 0.6 is 11.6 Å². The van der Waals surface area contributed by atoms with Gasteiger partial charge in [-0.25, -0.2) is 4.98 Å². The second kappa shape index (κ2) is 4.54. The Bertz CT molecular complexity index is 511. The maximum absolute atomic E-state index is 6.04. The Morgan fingerprint density at radius 2 is 2.00 bits per heavy atom. The summed E-state index contributed by atoms with van der Waals surface area (Å²) < 4.78 is 5.02. The summed E-state index contributed by atoms with van der Waals surface area (Å²) in [6, 6.07) is 10.00. The number of halogens is 1. The highest BCUT2D eigenvalue weighted by Gasteiger charge is 2.06. The van der Waals surface area contributed by atoms with Gasteiger partial charge in [0.15, 0.2) is 0 Å². The average molecular weight is 234 g/mol. The molecule has 0 bridgehead atoms. The first kappa shape index (κ1) is 11.0. The van der Waals surface area contributed by atoms with Gasteiger partial charge in [0.05, 0.1) is 7.11 Å². The van der Waals surface area contributed by atoms with Crippen LogP contribution in [0.3, 0.4) is 0 Å². The van der Waals surface area contributed by atoms with Gasteiger partial charge in [-0.05, 0) is 24.1 Å². The molecule has 0 spiro atoms. The molecule has 3 heteroatoms. The van der Waals surface area contributed by atoms with Crippen LogP contribution in [0.5, 0.6) is 5.88 Å². The third-order valence-electron chi connectivity index (χ3n) is 2.46. The zero-order valence-corrected chi connectivity index (χ0v) is 9.95. The lowest BCUT2D eigenvalue weighted by molar-refractivity contribution is 0.398. The molecule has 0 fully saturated rings. The molecular weight excluding hydrogens is 222 g/mol. The highest BCUT2D eigenvalue weighted by atomic mass is 35.5. The van der Waals surface area contributed by atoms with Crippen LogP contribution in [0.1, 0.15) is 5.56 Å². The van der Waals surface area contributed by atoms with E-state index in [1.807, 2.05) is 18.2 Å². The zero-order valence-electron chi connectivity index (χ0n) is 9.20. The molecular formula is C13H12ClNO. The van der Waals surface area contributed by atoms with Gasteiger partial charge in [-0.1, -0.05) is 35.9 Å². The van der Waals surface area contributed by atoms with Gasteiger partial charge in [0.25, 0.3) is 0 Å². The van der Waals surface area contributed by atoms with Crippen molar-refractivity contribution in [1.29, 1.82) is 0 Å². The molecule has 2 rings (SSSR count). The van der Waals surface area contributed by atoms with E-state index in [0.717, 1.165) is 11.1 Å². The molecule has 16 heavy (non-hydrogen) atoms. The number of aryl methyl sites for hydroxylation is 1. The first-order valence-corrected chi connectivity index (χ1v) is 5.35. The molecule has 2 aromatic rings. The number of hydrogen-bond donors (Lipinski definition) is 0. The number of rotatable bonds is 2. The van der Waals surface area contributed by atoms with Crippen LogP contribution < -0.4 is 4.74 Å². The maximum Gasteiger partial charge on any atom is 0.232 e. The van der Waals surface area contributed by atoms with Gasteiger partial charge in [0, 0.05) is 11.8 Å². The molecule has 0 aliphatic rings. The minimum atomic E-state index is 0.457. The van der Waals surface area contributed by atoms with Crippen LogP contribution in [-0.4, -0.2) is 12.1 Å². The van der Waals surface area contributed by atoms with Crippen molar-refractivity contribution in [1.82, 2.24) is 4.98 Å². The Hall–Kier alpha value is -1.54. The summed E-state index contributed by atoms with van der Waals surface area (Å²) in [5, 5.41) is 0.531. The van der Waals surface area contributed by atoms with E-state index < -0.39 is 0 Å². The number of hydrogen-bond acceptors (Lipinski definition) is 2. The lowest BCUT2D eigenvalue weighted by Crippen LogP contribution is -1.90. The highest BCUT2D eigenvalue weighted by Crippen LogP contribution is 2.29. The van der Waals surface area contributed by atoms with E-state index in [-0.39, 0.29) is 0 Å². The molecule has 2 nitrogen and oxygen atoms in total. The van der Waals surface area contributed by atoms with Gasteiger partial charge in [-0.15, -0.1) is 0 Å². The van der Waals surface area contributed by atoms with Crippen molar-refractivity contribution in [2.45, 2.75) is 6.92 Å². The Morgan fingerprint density at radius 1 is 1.25 bits per heavy atom. The van der Waals surface area contributed by atoms with Crippen molar-refractivity contribution in [3.63, 3.8) is 0 Å². The monoisotopic (exact) mass is 233 g/mol. The summed E-state index contributed by atoms with van der Waals surface area (Å²) in [4.78, 5) is 4.16. The minimum Gasteiger partial charge on any atom is -0.480 e. The van der Waals surface area contributed by atoms with Crippen molar-refractivity contribution in [2.75, 3.05) is 7.11 Å². The van der Waals surface area contributed by atoms with Crippen molar-refractivity contribution >= 4 is 11.6 Å². The first-order chi connectivity index (χ1) is 7.72. The normalized spacial score (nSPS) is 10.2. The predicted molar refractivity (Wildman–Crippen MR) is 66.0 cm³/mol. The quantitative estimate of drug-likeness (QED) is 0.789. The molecule has 0 atom stereocenters. The molecule has 0 saturated carbocycles. The average Bonchev–Trinajstić information content (AvgIpc) is 2.29. The number of methoxy groups -OCH3 is 1. The molecule has 0 unspecified atom stereocenters. The SMILES string of the molecule is COc1ncc(-c2ccccc2C)cc1Cl. The summed E-state index contributed by atoms with van der Waals surface area (Å²) in [6.07, 6.45) is 1.77. The first-order valence-electron chi connectivity index (χ1n) is 4.98. The third-order valence-corrected chi connectivity index (χ3v) is 2.73. The van der Waals surface area contributed by atoms with Crippen LogP contribution in [0.25, 0.3) is 11.1 Å². The van der Waals surface area contributed by atoms with Crippen molar-refractivity contribution in [2.24, 2.45) is 0 Å². The van der Waals surface area contributed by atoms with E-state index >= 15 is 0 Å². The number of ether oxygens (including phenoxy) is 1. The predicted octanol–water partition coefficient (Wildman–Crippen LogP) is 3.72. The van der Waals surface area contributed by atoms with E-state index in [0.29, 0.717) is 10.9 Å². The highest BCUT2D eigenvalue weighted by molar-refractivity contribution is 6.32. The zero-order chi connectivity index (χ0) is 11.5. The Kier molecular flexibility index (Phi) is 3.11. The van der Waals surface area contributed by atoms with Crippen LogP contribution in [-0.2, 0) is 0 Å². The molecule has 1 heterocycles. The minimum absolute atomic E-state index is 0.457. The summed E-state index contributed by atoms with van der Waals surface area (Å²) in [5.74, 6) is 0.457. The molecule has 1 aromatic heterocycles. The summed E-state index contributed by atoms with van der Waals surface area (Å²) >= 11 is 6.04. The largest absolute Gasteiger partial charge is 0.480 e. The van der Waals surface area contributed by atoms with Gasteiger partial charge in [-0.3, -0.25) is 0 Å². The maximum atomic E-state index is 6.04. The second-order valence-electron chi connectivity index (χ2n) is 3.53. The lowest BCUT2D eigenvalue weighted by atomic mass is 10.0.